The smallest absolute Gasteiger partial charge is 0.244 e. The maximum absolute atomic E-state index is 12.4. The fraction of sp³-hybridized carbons (Fsp3) is 0.500. The highest BCUT2D eigenvalue weighted by molar-refractivity contribution is 9.10. The van der Waals surface area contributed by atoms with E-state index in [1.54, 1.807) is 26.0 Å². The normalized spacial score (nSPS) is 15.0. The second kappa shape index (κ2) is 6.21. The van der Waals surface area contributed by atoms with Crippen LogP contribution in [0.25, 0.3) is 0 Å². The number of ether oxygens (including phenoxy) is 1. The summed E-state index contributed by atoms with van der Waals surface area (Å²) in [5.41, 5.74) is -0.897. The predicted octanol–water partition coefficient (Wildman–Crippen LogP) is 1.90. The zero-order valence-electron chi connectivity index (χ0n) is 11.1. The first-order valence-electron chi connectivity index (χ1n) is 5.76. The van der Waals surface area contributed by atoms with Gasteiger partial charge in [0.15, 0.2) is 0 Å². The van der Waals surface area contributed by atoms with Crippen molar-refractivity contribution in [1.29, 1.82) is 0 Å². The van der Waals surface area contributed by atoms with Crippen molar-refractivity contribution >= 4 is 26.0 Å². The molecular weight excluding hydrogens is 334 g/mol. The van der Waals surface area contributed by atoms with E-state index in [9.17, 15) is 13.5 Å². The maximum atomic E-state index is 12.4. The number of benzene rings is 1. The molecular formula is C12H18BrNO4S. The van der Waals surface area contributed by atoms with Gasteiger partial charge in [-0.05, 0) is 31.5 Å². The van der Waals surface area contributed by atoms with Crippen molar-refractivity contribution in [1.82, 2.24) is 4.72 Å². The molecule has 0 saturated carbocycles. The number of hydrogen-bond acceptors (Lipinski definition) is 4. The van der Waals surface area contributed by atoms with Gasteiger partial charge in [-0.25, -0.2) is 13.1 Å². The summed E-state index contributed by atoms with van der Waals surface area (Å²) in [5, 5.41) is 9.31. The van der Waals surface area contributed by atoms with Gasteiger partial charge in [0.1, 0.15) is 10.6 Å². The van der Waals surface area contributed by atoms with Crippen LogP contribution in [0, 0.1) is 0 Å². The van der Waals surface area contributed by atoms with Crippen LogP contribution in [0.1, 0.15) is 20.3 Å². The summed E-state index contributed by atoms with van der Waals surface area (Å²) in [6.45, 7) is 3.17. The second-order valence-corrected chi connectivity index (χ2v) is 7.04. The Labute approximate surface area is 122 Å². The van der Waals surface area contributed by atoms with E-state index in [0.29, 0.717) is 10.9 Å². The standard InChI is InChI=1S/C12H18BrNO4S/c1-4-12(2,8-15)14-19(16,17)11-7-9(13)5-6-10(11)18-3/h5-7,14-15H,4,8H2,1-3H3. The van der Waals surface area contributed by atoms with Crippen LogP contribution >= 0.6 is 15.9 Å². The van der Waals surface area contributed by atoms with Crippen LogP contribution in [0.3, 0.4) is 0 Å². The summed E-state index contributed by atoms with van der Waals surface area (Å²) in [6, 6.07) is 4.73. The average molecular weight is 352 g/mol. The molecule has 1 atom stereocenters. The van der Waals surface area contributed by atoms with E-state index in [0.717, 1.165) is 0 Å². The minimum atomic E-state index is -3.77. The third-order valence-corrected chi connectivity index (χ3v) is 5.08. The van der Waals surface area contributed by atoms with Crippen LogP contribution < -0.4 is 9.46 Å². The molecule has 1 aromatic rings. The van der Waals surface area contributed by atoms with Crippen LogP contribution in [0.5, 0.6) is 5.75 Å². The van der Waals surface area contributed by atoms with Crippen molar-refractivity contribution < 1.29 is 18.3 Å². The van der Waals surface area contributed by atoms with Crippen LogP contribution in [0.2, 0.25) is 0 Å². The highest BCUT2D eigenvalue weighted by Crippen LogP contribution is 2.28. The molecule has 108 valence electrons. The summed E-state index contributed by atoms with van der Waals surface area (Å²) >= 11 is 3.23. The van der Waals surface area contributed by atoms with Gasteiger partial charge in [0.25, 0.3) is 0 Å². The van der Waals surface area contributed by atoms with E-state index in [1.165, 1.54) is 13.2 Å². The molecule has 0 aliphatic rings. The number of halogens is 1. The molecule has 1 unspecified atom stereocenters. The molecule has 0 fully saturated rings. The Hall–Kier alpha value is -0.630. The van der Waals surface area contributed by atoms with E-state index in [2.05, 4.69) is 20.7 Å². The topological polar surface area (TPSA) is 75.6 Å². The minimum Gasteiger partial charge on any atom is -0.495 e. The third-order valence-electron chi connectivity index (χ3n) is 2.93. The molecule has 0 aliphatic heterocycles. The van der Waals surface area contributed by atoms with Gasteiger partial charge < -0.3 is 9.84 Å². The predicted molar refractivity (Wildman–Crippen MR) is 76.8 cm³/mol. The SMILES string of the molecule is CCC(C)(CO)NS(=O)(=O)c1cc(Br)ccc1OC. The van der Waals surface area contributed by atoms with E-state index in [1.807, 2.05) is 0 Å². The van der Waals surface area contributed by atoms with Crippen molar-refractivity contribution in [2.24, 2.45) is 0 Å². The molecule has 0 amide bonds. The van der Waals surface area contributed by atoms with Gasteiger partial charge in [0.05, 0.1) is 19.3 Å². The van der Waals surface area contributed by atoms with Crippen molar-refractivity contribution in [2.75, 3.05) is 13.7 Å². The average Bonchev–Trinajstić information content (AvgIpc) is 2.38. The van der Waals surface area contributed by atoms with Crippen LogP contribution in [-0.4, -0.2) is 32.8 Å². The van der Waals surface area contributed by atoms with Gasteiger partial charge in [0.2, 0.25) is 10.0 Å². The summed E-state index contributed by atoms with van der Waals surface area (Å²) in [7, 11) is -2.36. The van der Waals surface area contributed by atoms with Crippen molar-refractivity contribution in [2.45, 2.75) is 30.7 Å². The minimum absolute atomic E-state index is 0.0394. The van der Waals surface area contributed by atoms with Crippen molar-refractivity contribution in [3.05, 3.63) is 22.7 Å². The van der Waals surface area contributed by atoms with Crippen molar-refractivity contribution in [3.8, 4) is 5.75 Å². The van der Waals surface area contributed by atoms with Gasteiger partial charge in [0, 0.05) is 4.47 Å². The lowest BCUT2D eigenvalue weighted by atomic mass is 10.0. The third kappa shape index (κ3) is 3.92. The number of aliphatic hydroxyl groups is 1. The van der Waals surface area contributed by atoms with E-state index >= 15 is 0 Å². The lowest BCUT2D eigenvalue weighted by Crippen LogP contribution is -2.48. The Kier molecular flexibility index (Phi) is 5.37. The molecule has 7 heteroatoms. The van der Waals surface area contributed by atoms with E-state index in [-0.39, 0.29) is 17.3 Å². The molecule has 0 heterocycles. The van der Waals surface area contributed by atoms with Crippen LogP contribution in [0.4, 0.5) is 0 Å². The Morgan fingerprint density at radius 2 is 2.11 bits per heavy atom. The molecule has 5 nitrogen and oxygen atoms in total. The van der Waals surface area contributed by atoms with Crippen LogP contribution in [0.15, 0.2) is 27.6 Å². The summed E-state index contributed by atoms with van der Waals surface area (Å²) in [6.07, 6.45) is 0.471. The number of sulfonamides is 1. The van der Waals surface area contributed by atoms with Gasteiger partial charge >= 0.3 is 0 Å². The largest absolute Gasteiger partial charge is 0.495 e. The molecule has 0 radical (unpaired) electrons. The highest BCUT2D eigenvalue weighted by atomic mass is 79.9. The fourth-order valence-electron chi connectivity index (χ4n) is 1.46. The Bertz CT molecular complexity index is 541. The number of methoxy groups -OCH3 is 1. The maximum Gasteiger partial charge on any atom is 0.244 e. The first-order valence-corrected chi connectivity index (χ1v) is 8.04. The first-order chi connectivity index (χ1) is 8.78. The lowest BCUT2D eigenvalue weighted by molar-refractivity contribution is 0.191. The molecule has 0 aliphatic carbocycles. The molecule has 1 rings (SSSR count). The quantitative estimate of drug-likeness (QED) is 0.820. The highest BCUT2D eigenvalue weighted by Gasteiger charge is 2.30. The molecule has 0 spiro atoms. The molecule has 1 aromatic carbocycles. The van der Waals surface area contributed by atoms with Gasteiger partial charge in [-0.1, -0.05) is 22.9 Å². The van der Waals surface area contributed by atoms with Gasteiger partial charge in [-0.2, -0.15) is 0 Å². The number of aliphatic hydroxyl groups excluding tert-OH is 1. The second-order valence-electron chi connectivity index (χ2n) is 4.47. The summed E-state index contributed by atoms with van der Waals surface area (Å²) in [4.78, 5) is 0.0394. The number of nitrogens with one attached hydrogen (secondary N) is 1. The van der Waals surface area contributed by atoms with E-state index in [4.69, 9.17) is 4.74 Å². The fourth-order valence-corrected chi connectivity index (χ4v) is 3.63. The molecule has 0 bridgehead atoms. The summed E-state index contributed by atoms with van der Waals surface area (Å²) < 4.78 is 33.0. The number of rotatable bonds is 6. The molecule has 2 N–H and O–H groups in total. The van der Waals surface area contributed by atoms with Gasteiger partial charge in [-0.3, -0.25) is 0 Å². The van der Waals surface area contributed by atoms with Crippen molar-refractivity contribution in [3.63, 3.8) is 0 Å². The van der Waals surface area contributed by atoms with Crippen LogP contribution in [-0.2, 0) is 10.0 Å². The van der Waals surface area contributed by atoms with Gasteiger partial charge in [-0.15, -0.1) is 0 Å². The van der Waals surface area contributed by atoms with E-state index < -0.39 is 15.6 Å². The zero-order valence-corrected chi connectivity index (χ0v) is 13.5. The number of hydrogen-bond donors (Lipinski definition) is 2. The molecule has 0 saturated heterocycles. The molecule has 19 heavy (non-hydrogen) atoms. The lowest BCUT2D eigenvalue weighted by Gasteiger charge is -2.27. The Morgan fingerprint density at radius 1 is 1.47 bits per heavy atom. The monoisotopic (exact) mass is 351 g/mol. The molecule has 0 aromatic heterocycles. The first kappa shape index (κ1) is 16.4. The Morgan fingerprint density at radius 3 is 2.58 bits per heavy atom. The summed E-state index contributed by atoms with van der Waals surface area (Å²) in [5.74, 6) is 0.257. The Balaban J connectivity index is 3.24. The zero-order chi connectivity index (χ0) is 14.7.